The van der Waals surface area contributed by atoms with Crippen LogP contribution in [0, 0.1) is 0 Å². The van der Waals surface area contributed by atoms with Gasteiger partial charge in [-0.2, -0.15) is 0 Å². The van der Waals surface area contributed by atoms with Gasteiger partial charge in [-0.25, -0.2) is 0 Å². The van der Waals surface area contributed by atoms with Crippen LogP contribution in [-0.2, 0) is 0 Å². The summed E-state index contributed by atoms with van der Waals surface area (Å²) < 4.78 is 1.79. The van der Waals surface area contributed by atoms with E-state index in [1.54, 1.807) is 6.20 Å². The van der Waals surface area contributed by atoms with E-state index in [-0.39, 0.29) is 5.78 Å². The second-order valence-electron chi connectivity index (χ2n) is 5.11. The lowest BCUT2D eigenvalue weighted by molar-refractivity contribution is 0.104. The van der Waals surface area contributed by atoms with E-state index in [0.29, 0.717) is 0 Å². The highest BCUT2D eigenvalue weighted by Crippen LogP contribution is 2.42. The normalized spacial score (nSPS) is 12.2. The van der Waals surface area contributed by atoms with Crippen LogP contribution < -0.4 is 0 Å². The van der Waals surface area contributed by atoms with Gasteiger partial charge in [0.05, 0.1) is 5.69 Å². The Labute approximate surface area is 144 Å². The van der Waals surface area contributed by atoms with Crippen molar-refractivity contribution in [1.29, 1.82) is 0 Å². The Balaban J connectivity index is 1.98. The highest BCUT2D eigenvalue weighted by molar-refractivity contribution is 9.10. The van der Waals surface area contributed by atoms with E-state index in [9.17, 15) is 4.79 Å². The van der Waals surface area contributed by atoms with Crippen LogP contribution in [0.2, 0.25) is 0 Å². The molecule has 0 saturated carbocycles. The molecule has 0 N–H and O–H groups in total. The molecule has 1 aromatic heterocycles. The van der Waals surface area contributed by atoms with Crippen LogP contribution in [-0.4, -0.2) is 10.8 Å². The van der Waals surface area contributed by atoms with Crippen molar-refractivity contribution in [3.63, 3.8) is 0 Å². The molecule has 0 atom stereocenters. The molecule has 22 heavy (non-hydrogen) atoms. The maximum Gasteiger partial charge on any atom is 0.194 e. The third-order valence-electron chi connectivity index (χ3n) is 3.81. The SMILES string of the molecule is O=C1c2cc(Br)ccc2-c2cc(-c3ccccn3)c(Br)cc21. The summed E-state index contributed by atoms with van der Waals surface area (Å²) in [5, 5.41) is 0. The van der Waals surface area contributed by atoms with Crippen LogP contribution in [0.5, 0.6) is 0 Å². The highest BCUT2D eigenvalue weighted by atomic mass is 79.9. The third kappa shape index (κ3) is 2.06. The molecule has 2 aromatic carbocycles. The first kappa shape index (κ1) is 13.9. The van der Waals surface area contributed by atoms with Gasteiger partial charge in [-0.15, -0.1) is 0 Å². The van der Waals surface area contributed by atoms with Gasteiger partial charge < -0.3 is 0 Å². The minimum Gasteiger partial charge on any atom is -0.289 e. The smallest absolute Gasteiger partial charge is 0.194 e. The minimum atomic E-state index is 0.0690. The number of aromatic nitrogens is 1. The number of ketones is 1. The first-order chi connectivity index (χ1) is 10.6. The van der Waals surface area contributed by atoms with Crippen molar-refractivity contribution in [2.45, 2.75) is 0 Å². The molecule has 2 nitrogen and oxygen atoms in total. The van der Waals surface area contributed by atoms with E-state index in [2.05, 4.69) is 36.8 Å². The molecule has 0 radical (unpaired) electrons. The molecule has 1 heterocycles. The summed E-state index contributed by atoms with van der Waals surface area (Å²) in [6, 6.07) is 15.6. The molecule has 0 aliphatic heterocycles. The molecule has 106 valence electrons. The number of benzene rings is 2. The lowest BCUT2D eigenvalue weighted by atomic mass is 10.0. The monoisotopic (exact) mass is 413 g/mol. The number of pyridine rings is 1. The predicted molar refractivity (Wildman–Crippen MR) is 93.9 cm³/mol. The van der Waals surface area contributed by atoms with Crippen molar-refractivity contribution in [3.05, 3.63) is 74.8 Å². The Hall–Kier alpha value is -1.78. The number of hydrogen-bond acceptors (Lipinski definition) is 2. The quantitative estimate of drug-likeness (QED) is 0.412. The number of rotatable bonds is 1. The first-order valence-electron chi connectivity index (χ1n) is 6.75. The van der Waals surface area contributed by atoms with Gasteiger partial charge in [0.1, 0.15) is 0 Å². The molecule has 4 heteroatoms. The molecule has 0 amide bonds. The van der Waals surface area contributed by atoms with Crippen LogP contribution in [0.3, 0.4) is 0 Å². The second kappa shape index (κ2) is 5.14. The number of nitrogens with zero attached hydrogens (tertiary/aromatic N) is 1. The van der Waals surface area contributed by atoms with Crippen molar-refractivity contribution in [1.82, 2.24) is 4.98 Å². The van der Waals surface area contributed by atoms with E-state index in [4.69, 9.17) is 0 Å². The maximum absolute atomic E-state index is 12.6. The molecule has 0 unspecified atom stereocenters. The van der Waals surface area contributed by atoms with Crippen LogP contribution in [0.25, 0.3) is 22.4 Å². The fourth-order valence-electron chi connectivity index (χ4n) is 2.79. The molecule has 1 aliphatic carbocycles. The number of fused-ring (bicyclic) bond motifs is 3. The zero-order chi connectivity index (χ0) is 15.3. The fourth-order valence-corrected chi connectivity index (χ4v) is 3.69. The number of halogens is 2. The predicted octanol–water partition coefficient (Wildman–Crippen LogP) is 5.49. The Kier molecular flexibility index (Phi) is 3.24. The van der Waals surface area contributed by atoms with Crippen LogP contribution in [0.1, 0.15) is 15.9 Å². The number of hydrogen-bond donors (Lipinski definition) is 0. The Bertz CT molecular complexity index is 920. The average molecular weight is 415 g/mol. The van der Waals surface area contributed by atoms with Crippen molar-refractivity contribution in [2.75, 3.05) is 0 Å². The lowest BCUT2D eigenvalue weighted by Gasteiger charge is -2.07. The van der Waals surface area contributed by atoms with Crippen LogP contribution in [0.15, 0.2) is 63.7 Å². The van der Waals surface area contributed by atoms with Gasteiger partial charge in [-0.1, -0.05) is 44.0 Å². The largest absolute Gasteiger partial charge is 0.289 e. The maximum atomic E-state index is 12.6. The minimum absolute atomic E-state index is 0.0690. The van der Waals surface area contributed by atoms with Gasteiger partial charge in [-0.05, 0) is 47.5 Å². The summed E-state index contributed by atoms with van der Waals surface area (Å²) in [6.07, 6.45) is 1.77. The van der Waals surface area contributed by atoms with Crippen molar-refractivity contribution >= 4 is 37.6 Å². The second-order valence-corrected chi connectivity index (χ2v) is 6.88. The summed E-state index contributed by atoms with van der Waals surface area (Å²) >= 11 is 7.00. The molecule has 4 rings (SSSR count). The summed E-state index contributed by atoms with van der Waals surface area (Å²) in [6.45, 7) is 0. The molecule has 0 spiro atoms. The van der Waals surface area contributed by atoms with Gasteiger partial charge in [0.2, 0.25) is 0 Å². The van der Waals surface area contributed by atoms with E-state index in [0.717, 1.165) is 42.5 Å². The Morgan fingerprint density at radius 2 is 1.59 bits per heavy atom. The van der Waals surface area contributed by atoms with Gasteiger partial charge >= 0.3 is 0 Å². The van der Waals surface area contributed by atoms with E-state index in [1.165, 1.54) is 0 Å². The molecular formula is C18H9Br2NO. The topological polar surface area (TPSA) is 30.0 Å². The molecule has 0 fully saturated rings. The summed E-state index contributed by atoms with van der Waals surface area (Å²) in [4.78, 5) is 17.0. The van der Waals surface area contributed by atoms with Gasteiger partial charge in [0, 0.05) is 31.8 Å². The summed E-state index contributed by atoms with van der Waals surface area (Å²) in [5.74, 6) is 0.0690. The Morgan fingerprint density at radius 3 is 2.36 bits per heavy atom. The molecule has 0 bridgehead atoms. The molecule has 0 saturated heterocycles. The molecular weight excluding hydrogens is 406 g/mol. The summed E-state index contributed by atoms with van der Waals surface area (Å²) in [7, 11) is 0. The van der Waals surface area contributed by atoms with Crippen molar-refractivity contribution in [3.8, 4) is 22.4 Å². The molecule has 3 aromatic rings. The van der Waals surface area contributed by atoms with Gasteiger partial charge in [0.25, 0.3) is 0 Å². The van der Waals surface area contributed by atoms with Crippen LogP contribution in [0.4, 0.5) is 0 Å². The number of carbonyl (C=O) groups excluding carboxylic acids is 1. The van der Waals surface area contributed by atoms with Crippen molar-refractivity contribution in [2.24, 2.45) is 0 Å². The fraction of sp³-hybridized carbons (Fsp3) is 0. The van der Waals surface area contributed by atoms with E-state index >= 15 is 0 Å². The highest BCUT2D eigenvalue weighted by Gasteiger charge is 2.28. The lowest BCUT2D eigenvalue weighted by Crippen LogP contribution is -1.95. The Morgan fingerprint density at radius 1 is 0.773 bits per heavy atom. The number of carbonyl (C=O) groups is 1. The van der Waals surface area contributed by atoms with Crippen LogP contribution >= 0.6 is 31.9 Å². The van der Waals surface area contributed by atoms with E-state index < -0.39 is 0 Å². The van der Waals surface area contributed by atoms with E-state index in [1.807, 2.05) is 48.5 Å². The zero-order valence-corrected chi connectivity index (χ0v) is 14.5. The van der Waals surface area contributed by atoms with Crippen molar-refractivity contribution < 1.29 is 4.79 Å². The standard InChI is InChI=1S/C18H9Br2NO/c19-10-4-5-11-12-8-15(17-3-1-2-6-21-17)16(20)9-14(12)18(22)13(11)7-10/h1-9H. The average Bonchev–Trinajstić information content (AvgIpc) is 2.79. The zero-order valence-electron chi connectivity index (χ0n) is 11.3. The van der Waals surface area contributed by atoms with Gasteiger partial charge in [-0.3, -0.25) is 9.78 Å². The first-order valence-corrected chi connectivity index (χ1v) is 8.33. The molecule has 1 aliphatic rings. The summed E-state index contributed by atoms with van der Waals surface area (Å²) in [5.41, 5.74) is 5.30. The van der Waals surface area contributed by atoms with Gasteiger partial charge in [0.15, 0.2) is 5.78 Å². The third-order valence-corrected chi connectivity index (χ3v) is 4.96.